The molecule has 1 aliphatic heterocycles. The summed E-state index contributed by atoms with van der Waals surface area (Å²) >= 11 is 4.95. The highest BCUT2D eigenvalue weighted by Gasteiger charge is 2.32. The first-order valence-corrected chi connectivity index (χ1v) is 8.63. The van der Waals surface area contributed by atoms with Crippen LogP contribution in [0.2, 0.25) is 0 Å². The van der Waals surface area contributed by atoms with Gasteiger partial charge in [-0.1, -0.05) is 0 Å². The lowest BCUT2D eigenvalue weighted by molar-refractivity contribution is -0.155. The summed E-state index contributed by atoms with van der Waals surface area (Å²) in [5.74, 6) is -0.421. The zero-order valence-corrected chi connectivity index (χ0v) is 14.3. The van der Waals surface area contributed by atoms with Gasteiger partial charge in [0.05, 0.1) is 10.4 Å². The van der Waals surface area contributed by atoms with Gasteiger partial charge in [0.25, 0.3) is 0 Å². The van der Waals surface area contributed by atoms with Crippen molar-refractivity contribution in [2.24, 2.45) is 0 Å². The summed E-state index contributed by atoms with van der Waals surface area (Å²) in [5.41, 5.74) is 0. The molecule has 1 aliphatic rings. The number of amides is 1. The molecule has 2 rings (SSSR count). The largest absolute Gasteiger partial charge is 0.464 e. The molecule has 1 saturated heterocycles. The van der Waals surface area contributed by atoms with Crippen molar-refractivity contribution < 1.29 is 14.3 Å². The predicted octanol–water partition coefficient (Wildman–Crippen LogP) is 3.47. The van der Waals surface area contributed by atoms with Crippen molar-refractivity contribution >= 4 is 45.2 Å². The molecule has 114 valence electrons. The molecule has 0 N–H and O–H groups in total. The van der Waals surface area contributed by atoms with Gasteiger partial charge in [-0.05, 0) is 60.3 Å². The minimum Gasteiger partial charge on any atom is -0.464 e. The van der Waals surface area contributed by atoms with Gasteiger partial charge in [-0.2, -0.15) is 0 Å². The summed E-state index contributed by atoms with van der Waals surface area (Å²) < 4.78 is 6.09. The van der Waals surface area contributed by atoms with Gasteiger partial charge in [0.2, 0.25) is 5.91 Å². The number of halogens is 1. The Morgan fingerprint density at radius 1 is 1.48 bits per heavy atom. The minimum absolute atomic E-state index is 0.128. The molecule has 1 amide bonds. The molecule has 0 bridgehead atoms. The van der Waals surface area contributed by atoms with Gasteiger partial charge in [0, 0.05) is 17.5 Å². The number of esters is 1. The average Bonchev–Trinajstić information content (AvgIpc) is 2.90. The van der Waals surface area contributed by atoms with Gasteiger partial charge in [0.15, 0.2) is 0 Å². The number of rotatable bonds is 4. The van der Waals surface area contributed by atoms with Gasteiger partial charge >= 0.3 is 5.97 Å². The number of thiophene rings is 1. The fourth-order valence-electron chi connectivity index (χ4n) is 2.35. The predicted molar refractivity (Wildman–Crippen MR) is 87.0 cm³/mol. The van der Waals surface area contributed by atoms with Crippen LogP contribution < -0.4 is 0 Å². The Balaban J connectivity index is 2.04. The van der Waals surface area contributed by atoms with Crippen LogP contribution in [0, 0.1) is 0 Å². The molecule has 0 aromatic carbocycles. The third kappa shape index (κ3) is 4.41. The molecule has 1 unspecified atom stereocenters. The van der Waals surface area contributed by atoms with E-state index in [9.17, 15) is 9.59 Å². The van der Waals surface area contributed by atoms with Crippen LogP contribution in [0.5, 0.6) is 0 Å². The average molecular weight is 372 g/mol. The zero-order chi connectivity index (χ0) is 15.2. The summed E-state index contributed by atoms with van der Waals surface area (Å²) in [5, 5.41) is 0. The third-order valence-electron chi connectivity index (χ3n) is 3.33. The Hall–Kier alpha value is -1.14. The van der Waals surface area contributed by atoms with Crippen LogP contribution in [0.15, 0.2) is 22.0 Å². The monoisotopic (exact) mass is 371 g/mol. The van der Waals surface area contributed by atoms with Gasteiger partial charge < -0.3 is 9.64 Å². The third-order valence-corrected chi connectivity index (χ3v) is 4.92. The summed E-state index contributed by atoms with van der Waals surface area (Å²) in [7, 11) is 0. The maximum atomic E-state index is 12.3. The van der Waals surface area contributed by atoms with Crippen molar-refractivity contribution in [2.45, 2.75) is 32.2 Å². The van der Waals surface area contributed by atoms with E-state index in [0.717, 1.165) is 21.5 Å². The molecular weight excluding hydrogens is 354 g/mol. The molecule has 2 heterocycles. The number of ether oxygens (including phenoxy) is 1. The Labute approximate surface area is 136 Å². The second-order valence-corrected chi connectivity index (χ2v) is 7.27. The standard InChI is InChI=1S/C15H18BrNO3S/c1-2-20-15(19)12-5-3-4-10-17(12)14(18)9-7-11-6-8-13(16)21-11/h6-9,12H,2-5,10H2,1H3/b9-7+. The van der Waals surface area contributed by atoms with Gasteiger partial charge in [-0.15, -0.1) is 11.3 Å². The molecule has 0 radical (unpaired) electrons. The van der Waals surface area contributed by atoms with E-state index in [-0.39, 0.29) is 11.9 Å². The van der Waals surface area contributed by atoms with Crippen LogP contribution in [0.3, 0.4) is 0 Å². The quantitative estimate of drug-likeness (QED) is 0.601. The van der Waals surface area contributed by atoms with Crippen molar-refractivity contribution in [1.82, 2.24) is 4.90 Å². The molecule has 1 aromatic heterocycles. The summed E-state index contributed by atoms with van der Waals surface area (Å²) in [6.07, 6.45) is 5.89. The number of piperidine rings is 1. The van der Waals surface area contributed by atoms with E-state index in [1.165, 1.54) is 6.08 Å². The normalized spacial score (nSPS) is 19.0. The SMILES string of the molecule is CCOC(=O)C1CCCCN1C(=O)/C=C/c1ccc(Br)s1. The Kier molecular flexibility index (Phi) is 5.99. The van der Waals surface area contributed by atoms with Crippen molar-refractivity contribution in [2.75, 3.05) is 13.2 Å². The summed E-state index contributed by atoms with van der Waals surface area (Å²) in [6.45, 7) is 2.73. The number of hydrogen-bond acceptors (Lipinski definition) is 4. The van der Waals surface area contributed by atoms with Crippen LogP contribution in [-0.4, -0.2) is 36.0 Å². The number of likely N-dealkylation sites (tertiary alicyclic amines) is 1. The lowest BCUT2D eigenvalue weighted by Crippen LogP contribution is -2.48. The molecule has 1 atom stereocenters. The van der Waals surface area contributed by atoms with E-state index in [4.69, 9.17) is 4.74 Å². The summed E-state index contributed by atoms with van der Waals surface area (Å²) in [4.78, 5) is 26.9. The molecule has 4 nitrogen and oxygen atoms in total. The summed E-state index contributed by atoms with van der Waals surface area (Å²) in [6, 6.07) is 3.44. The zero-order valence-electron chi connectivity index (χ0n) is 11.9. The first-order valence-electron chi connectivity index (χ1n) is 7.02. The lowest BCUT2D eigenvalue weighted by atomic mass is 10.0. The number of carbonyl (C=O) groups excluding carboxylic acids is 2. The van der Waals surface area contributed by atoms with Gasteiger partial charge in [0.1, 0.15) is 6.04 Å². The Morgan fingerprint density at radius 2 is 2.29 bits per heavy atom. The highest BCUT2D eigenvalue weighted by molar-refractivity contribution is 9.11. The lowest BCUT2D eigenvalue weighted by Gasteiger charge is -2.33. The van der Waals surface area contributed by atoms with E-state index < -0.39 is 6.04 Å². The molecule has 0 aliphatic carbocycles. The highest BCUT2D eigenvalue weighted by atomic mass is 79.9. The molecule has 1 aromatic rings. The highest BCUT2D eigenvalue weighted by Crippen LogP contribution is 2.24. The second-order valence-electron chi connectivity index (χ2n) is 4.77. The molecule has 1 fully saturated rings. The van der Waals surface area contributed by atoms with Crippen molar-refractivity contribution in [1.29, 1.82) is 0 Å². The van der Waals surface area contributed by atoms with E-state index in [2.05, 4.69) is 15.9 Å². The maximum Gasteiger partial charge on any atom is 0.328 e. The molecular formula is C15H18BrNO3S. The van der Waals surface area contributed by atoms with Crippen LogP contribution in [0.4, 0.5) is 0 Å². The first-order chi connectivity index (χ1) is 10.1. The Bertz CT molecular complexity index is 541. The van der Waals surface area contributed by atoms with Crippen molar-refractivity contribution in [3.05, 3.63) is 26.9 Å². The van der Waals surface area contributed by atoms with Gasteiger partial charge in [-0.3, -0.25) is 4.79 Å². The smallest absolute Gasteiger partial charge is 0.328 e. The Morgan fingerprint density at radius 3 is 2.95 bits per heavy atom. The van der Waals surface area contributed by atoms with Gasteiger partial charge in [-0.25, -0.2) is 4.79 Å². The first kappa shape index (κ1) is 16.2. The molecule has 0 saturated carbocycles. The molecule has 0 spiro atoms. The van der Waals surface area contributed by atoms with Crippen LogP contribution in [0.1, 0.15) is 31.1 Å². The maximum absolute atomic E-state index is 12.3. The van der Waals surface area contributed by atoms with E-state index in [1.54, 1.807) is 29.2 Å². The molecule has 21 heavy (non-hydrogen) atoms. The van der Waals surface area contributed by atoms with E-state index >= 15 is 0 Å². The minimum atomic E-state index is -0.439. The number of nitrogens with zero attached hydrogens (tertiary/aromatic N) is 1. The van der Waals surface area contributed by atoms with Crippen LogP contribution in [-0.2, 0) is 14.3 Å². The number of carbonyl (C=O) groups is 2. The molecule has 6 heteroatoms. The fraction of sp³-hybridized carbons (Fsp3) is 0.467. The van der Waals surface area contributed by atoms with Crippen molar-refractivity contribution in [3.8, 4) is 0 Å². The van der Waals surface area contributed by atoms with Crippen LogP contribution in [0.25, 0.3) is 6.08 Å². The fourth-order valence-corrected chi connectivity index (χ4v) is 3.67. The van der Waals surface area contributed by atoms with Crippen molar-refractivity contribution in [3.63, 3.8) is 0 Å². The van der Waals surface area contributed by atoms with Crippen LogP contribution >= 0.6 is 27.3 Å². The topological polar surface area (TPSA) is 46.6 Å². The number of hydrogen-bond donors (Lipinski definition) is 0. The second kappa shape index (κ2) is 7.75. The van der Waals surface area contributed by atoms with E-state index in [0.29, 0.717) is 19.6 Å². The van der Waals surface area contributed by atoms with E-state index in [1.807, 2.05) is 12.1 Å².